The SMILES string of the molecule is [2H]c1c([2H])c([2H])c(-c2cc(C)c(-c3ccc(C(C)(C)C)c[n+]3C)cc2C(C)(C)C)c([2H])c1[2H]. The second-order valence-corrected chi connectivity index (χ2v) is 9.63. The quantitative estimate of drug-likeness (QED) is 0.435. The van der Waals surface area contributed by atoms with Gasteiger partial charge in [-0.25, -0.2) is 4.57 Å². The number of hydrogen-bond donors (Lipinski definition) is 0. The van der Waals surface area contributed by atoms with Crippen LogP contribution < -0.4 is 4.57 Å². The molecule has 0 unspecified atom stereocenters. The van der Waals surface area contributed by atoms with E-state index in [1.807, 2.05) is 20.0 Å². The van der Waals surface area contributed by atoms with Crippen molar-refractivity contribution < 1.29 is 11.4 Å². The third-order valence-electron chi connectivity index (χ3n) is 5.22. The summed E-state index contributed by atoms with van der Waals surface area (Å²) in [7, 11) is 2.05. The second kappa shape index (κ2) is 7.20. The summed E-state index contributed by atoms with van der Waals surface area (Å²) >= 11 is 0. The minimum Gasteiger partial charge on any atom is -0.201 e. The van der Waals surface area contributed by atoms with Crippen molar-refractivity contribution in [3.05, 3.63) is 77.4 Å². The van der Waals surface area contributed by atoms with Crippen LogP contribution in [-0.4, -0.2) is 0 Å². The minimum absolute atomic E-state index is 0.0484. The van der Waals surface area contributed by atoms with Crippen LogP contribution in [0.2, 0.25) is 0 Å². The van der Waals surface area contributed by atoms with Crippen LogP contribution in [0.15, 0.2) is 60.7 Å². The Bertz CT molecular complexity index is 1220. The van der Waals surface area contributed by atoms with Crippen LogP contribution in [0.25, 0.3) is 22.4 Å². The van der Waals surface area contributed by atoms with Gasteiger partial charge in [-0.1, -0.05) is 77.8 Å². The molecule has 0 spiro atoms. The molecule has 0 aliphatic rings. The second-order valence-electron chi connectivity index (χ2n) is 9.63. The van der Waals surface area contributed by atoms with Crippen LogP contribution in [-0.2, 0) is 17.9 Å². The lowest BCUT2D eigenvalue weighted by Gasteiger charge is -2.25. The molecule has 0 fully saturated rings. The largest absolute Gasteiger partial charge is 0.212 e. The normalized spacial score (nSPS) is 14.8. The van der Waals surface area contributed by atoms with Crippen molar-refractivity contribution in [2.24, 2.45) is 7.05 Å². The van der Waals surface area contributed by atoms with E-state index >= 15 is 0 Å². The summed E-state index contributed by atoms with van der Waals surface area (Å²) < 4.78 is 43.3. The fourth-order valence-corrected chi connectivity index (χ4v) is 3.53. The summed E-state index contributed by atoms with van der Waals surface area (Å²) in [6.07, 6.45) is 2.16. The molecule has 3 aromatic rings. The molecule has 0 radical (unpaired) electrons. The standard InChI is InChI=1S/C27H34N/c1-19-16-23(20-12-10-9-11-13-20)24(27(5,6)7)17-22(19)25-15-14-21(18-28(25)8)26(2,3)4/h9-18H,1-8H3/q+1/i9D,10D,11D,12D,13D. The van der Waals surface area contributed by atoms with Crippen molar-refractivity contribution in [3.63, 3.8) is 0 Å². The molecule has 1 heterocycles. The molecule has 0 amide bonds. The highest BCUT2D eigenvalue weighted by Gasteiger charge is 2.24. The average Bonchev–Trinajstić information content (AvgIpc) is 2.70. The molecule has 1 nitrogen and oxygen atoms in total. The Hall–Kier alpha value is -2.41. The van der Waals surface area contributed by atoms with Crippen LogP contribution in [0.5, 0.6) is 0 Å². The predicted molar refractivity (Wildman–Crippen MR) is 121 cm³/mol. The van der Waals surface area contributed by atoms with Gasteiger partial charge in [0.25, 0.3) is 0 Å². The van der Waals surface area contributed by atoms with Gasteiger partial charge in [-0.3, -0.25) is 0 Å². The van der Waals surface area contributed by atoms with E-state index in [0.717, 1.165) is 22.4 Å². The molecular formula is C27H34N+. The molecule has 28 heavy (non-hydrogen) atoms. The van der Waals surface area contributed by atoms with Crippen LogP contribution in [0.1, 0.15) is 65.1 Å². The van der Waals surface area contributed by atoms with E-state index in [-0.39, 0.29) is 46.6 Å². The summed E-state index contributed by atoms with van der Waals surface area (Å²) in [5.74, 6) is 0. The van der Waals surface area contributed by atoms with Crippen molar-refractivity contribution in [1.29, 1.82) is 0 Å². The molecule has 0 saturated carbocycles. The first-order valence-electron chi connectivity index (χ1n) is 12.3. The van der Waals surface area contributed by atoms with Crippen molar-refractivity contribution >= 4 is 0 Å². The molecule has 1 heteroatoms. The van der Waals surface area contributed by atoms with Gasteiger partial charge in [0.05, 0.1) is 6.85 Å². The van der Waals surface area contributed by atoms with E-state index < -0.39 is 0 Å². The number of rotatable bonds is 2. The maximum Gasteiger partial charge on any atom is 0.212 e. The summed E-state index contributed by atoms with van der Waals surface area (Å²) in [6, 6.07) is 7.07. The zero-order valence-corrected chi connectivity index (χ0v) is 18.3. The van der Waals surface area contributed by atoms with Gasteiger partial charge in [0.15, 0.2) is 6.20 Å². The van der Waals surface area contributed by atoms with Gasteiger partial charge in [-0.05, 0) is 52.1 Å². The number of benzene rings is 2. The van der Waals surface area contributed by atoms with Crippen molar-refractivity contribution in [1.82, 2.24) is 0 Å². The Labute approximate surface area is 178 Å². The molecule has 0 N–H and O–H groups in total. The topological polar surface area (TPSA) is 3.88 Å². The van der Waals surface area contributed by atoms with Crippen LogP contribution in [0, 0.1) is 6.92 Å². The number of aryl methyl sites for hydroxylation is 2. The van der Waals surface area contributed by atoms with Crippen molar-refractivity contribution in [2.75, 3.05) is 0 Å². The third kappa shape index (κ3) is 4.04. The first-order valence-corrected chi connectivity index (χ1v) is 9.78. The zero-order valence-electron chi connectivity index (χ0n) is 23.3. The highest BCUT2D eigenvalue weighted by atomic mass is 14.9. The van der Waals surface area contributed by atoms with Gasteiger partial charge < -0.3 is 0 Å². The van der Waals surface area contributed by atoms with E-state index in [1.54, 1.807) is 0 Å². The highest BCUT2D eigenvalue weighted by molar-refractivity contribution is 5.75. The van der Waals surface area contributed by atoms with Crippen molar-refractivity contribution in [3.8, 4) is 22.4 Å². The van der Waals surface area contributed by atoms with Gasteiger partial charge in [0.1, 0.15) is 7.05 Å². The highest BCUT2D eigenvalue weighted by Crippen LogP contribution is 2.37. The fraction of sp³-hybridized carbons (Fsp3) is 0.370. The molecule has 146 valence electrons. The van der Waals surface area contributed by atoms with E-state index in [2.05, 4.69) is 70.5 Å². The Balaban J connectivity index is 2.35. The number of aromatic nitrogens is 1. The summed E-state index contributed by atoms with van der Waals surface area (Å²) in [6.45, 7) is 14.9. The maximum atomic E-state index is 8.50. The van der Waals surface area contributed by atoms with E-state index in [4.69, 9.17) is 6.85 Å². The molecule has 0 atom stereocenters. The monoisotopic (exact) mass is 377 g/mol. The van der Waals surface area contributed by atoms with Crippen LogP contribution in [0.3, 0.4) is 0 Å². The molecule has 1 aromatic heterocycles. The summed E-state index contributed by atoms with van der Waals surface area (Å²) in [5, 5.41) is 0. The molecular weight excluding hydrogens is 338 g/mol. The zero-order chi connectivity index (χ0) is 25.0. The first kappa shape index (κ1) is 14.6. The summed E-state index contributed by atoms with van der Waals surface area (Å²) in [4.78, 5) is 0. The van der Waals surface area contributed by atoms with Gasteiger partial charge in [-0.2, -0.15) is 0 Å². The van der Waals surface area contributed by atoms with Gasteiger partial charge >= 0.3 is 0 Å². The van der Waals surface area contributed by atoms with Gasteiger partial charge in [-0.15, -0.1) is 0 Å². The minimum atomic E-state index is -0.370. The lowest BCUT2D eigenvalue weighted by Crippen LogP contribution is -2.33. The lowest BCUT2D eigenvalue weighted by atomic mass is 9.79. The van der Waals surface area contributed by atoms with Crippen LogP contribution >= 0.6 is 0 Å². The predicted octanol–water partition coefficient (Wildman–Crippen LogP) is 6.75. The Kier molecular flexibility index (Phi) is 3.75. The summed E-state index contributed by atoms with van der Waals surface area (Å²) in [5.41, 5.74) is 6.01. The Morgan fingerprint density at radius 3 is 2.00 bits per heavy atom. The van der Waals surface area contributed by atoms with Crippen LogP contribution in [0.4, 0.5) is 0 Å². The smallest absolute Gasteiger partial charge is 0.201 e. The molecule has 3 rings (SSSR count). The number of pyridine rings is 1. The van der Waals surface area contributed by atoms with E-state index in [0.29, 0.717) is 5.56 Å². The van der Waals surface area contributed by atoms with Gasteiger partial charge in [0.2, 0.25) is 5.69 Å². The Morgan fingerprint density at radius 2 is 1.46 bits per heavy atom. The third-order valence-corrected chi connectivity index (χ3v) is 5.22. The molecule has 0 aliphatic heterocycles. The van der Waals surface area contributed by atoms with Crippen molar-refractivity contribution in [2.45, 2.75) is 59.3 Å². The lowest BCUT2D eigenvalue weighted by molar-refractivity contribution is -0.661. The average molecular weight is 378 g/mol. The van der Waals surface area contributed by atoms with E-state index in [1.165, 1.54) is 5.56 Å². The number of nitrogens with zero attached hydrogens (tertiary/aromatic N) is 1. The Morgan fingerprint density at radius 1 is 0.821 bits per heavy atom. The molecule has 0 bridgehead atoms. The van der Waals surface area contributed by atoms with Gasteiger partial charge in [0, 0.05) is 17.2 Å². The molecule has 0 saturated heterocycles. The maximum absolute atomic E-state index is 8.50. The first-order chi connectivity index (χ1) is 15.1. The van der Waals surface area contributed by atoms with E-state index in [9.17, 15) is 0 Å². The molecule has 2 aromatic carbocycles. The number of hydrogen-bond acceptors (Lipinski definition) is 0. The fourth-order valence-electron chi connectivity index (χ4n) is 3.53. The molecule has 0 aliphatic carbocycles.